The summed E-state index contributed by atoms with van der Waals surface area (Å²) in [5, 5.41) is 3.92. The molecule has 0 unspecified atom stereocenters. The number of benzene rings is 2. The fourth-order valence-corrected chi connectivity index (χ4v) is 2.12. The van der Waals surface area contributed by atoms with Gasteiger partial charge in [0.2, 0.25) is 0 Å². The highest BCUT2D eigenvalue weighted by Gasteiger charge is 2.07. The number of hydrogen-bond acceptors (Lipinski definition) is 6. The molecule has 0 aliphatic heterocycles. The summed E-state index contributed by atoms with van der Waals surface area (Å²) < 4.78 is 21.3. The van der Waals surface area contributed by atoms with E-state index in [0.717, 1.165) is 0 Å². The van der Waals surface area contributed by atoms with Crippen LogP contribution < -0.4 is 24.4 Å². The van der Waals surface area contributed by atoms with Gasteiger partial charge in [-0.05, 0) is 31.2 Å². The van der Waals surface area contributed by atoms with Crippen molar-refractivity contribution < 1.29 is 23.7 Å². The maximum atomic E-state index is 11.9. The quantitative estimate of drug-likeness (QED) is 0.551. The number of carbonyl (C=O) groups excluding carboxylic acids is 1. The van der Waals surface area contributed by atoms with Crippen LogP contribution in [0.25, 0.3) is 0 Å². The monoisotopic (exact) mass is 358 g/mol. The number of para-hydroxylation sites is 2. The Labute approximate surface area is 152 Å². The van der Waals surface area contributed by atoms with Gasteiger partial charge in [0, 0.05) is 11.6 Å². The molecule has 0 aromatic heterocycles. The van der Waals surface area contributed by atoms with E-state index in [4.69, 9.17) is 18.9 Å². The number of carbonyl (C=O) groups is 1. The van der Waals surface area contributed by atoms with Crippen molar-refractivity contribution in [3.63, 3.8) is 0 Å². The van der Waals surface area contributed by atoms with Crippen LogP contribution in [-0.4, -0.2) is 39.6 Å². The van der Waals surface area contributed by atoms with Crippen molar-refractivity contribution in [2.75, 3.05) is 27.4 Å². The summed E-state index contributed by atoms with van der Waals surface area (Å²) in [5.41, 5.74) is 3.12. The van der Waals surface area contributed by atoms with E-state index in [1.807, 2.05) is 19.1 Å². The van der Waals surface area contributed by atoms with Crippen molar-refractivity contribution in [2.45, 2.75) is 6.92 Å². The number of amides is 1. The second kappa shape index (κ2) is 9.93. The first-order valence-electron chi connectivity index (χ1n) is 8.06. The van der Waals surface area contributed by atoms with E-state index in [1.54, 1.807) is 44.6 Å². The Morgan fingerprint density at radius 1 is 1.04 bits per heavy atom. The Bertz CT molecular complexity index is 761. The van der Waals surface area contributed by atoms with E-state index < -0.39 is 0 Å². The number of rotatable bonds is 9. The molecule has 1 amide bonds. The molecule has 2 rings (SSSR count). The molecule has 0 saturated carbocycles. The lowest BCUT2D eigenvalue weighted by molar-refractivity contribution is -0.123. The van der Waals surface area contributed by atoms with Crippen LogP contribution in [0, 0.1) is 0 Å². The van der Waals surface area contributed by atoms with Gasteiger partial charge >= 0.3 is 0 Å². The van der Waals surface area contributed by atoms with E-state index in [2.05, 4.69) is 10.5 Å². The van der Waals surface area contributed by atoms with Crippen LogP contribution in [0.5, 0.6) is 23.0 Å². The lowest BCUT2D eigenvalue weighted by atomic mass is 10.2. The Morgan fingerprint density at radius 2 is 1.77 bits per heavy atom. The van der Waals surface area contributed by atoms with Gasteiger partial charge in [-0.25, -0.2) is 5.43 Å². The van der Waals surface area contributed by atoms with Crippen LogP contribution in [-0.2, 0) is 4.79 Å². The van der Waals surface area contributed by atoms with Crippen molar-refractivity contribution in [1.82, 2.24) is 5.43 Å². The molecule has 0 heterocycles. The van der Waals surface area contributed by atoms with Crippen LogP contribution in [0.2, 0.25) is 0 Å². The van der Waals surface area contributed by atoms with Crippen LogP contribution >= 0.6 is 0 Å². The highest BCUT2D eigenvalue weighted by molar-refractivity contribution is 5.85. The molecule has 138 valence electrons. The van der Waals surface area contributed by atoms with Crippen LogP contribution in [0.1, 0.15) is 12.5 Å². The van der Waals surface area contributed by atoms with E-state index in [-0.39, 0.29) is 12.5 Å². The van der Waals surface area contributed by atoms with E-state index in [9.17, 15) is 4.79 Å². The number of ether oxygens (including phenoxy) is 4. The Hall–Kier alpha value is -3.22. The zero-order valence-corrected chi connectivity index (χ0v) is 15.0. The second-order valence-electron chi connectivity index (χ2n) is 5.07. The van der Waals surface area contributed by atoms with Gasteiger partial charge in [0.05, 0.1) is 27.0 Å². The summed E-state index contributed by atoms with van der Waals surface area (Å²) >= 11 is 0. The number of hydrogen-bond donors (Lipinski definition) is 1. The summed E-state index contributed by atoms with van der Waals surface area (Å²) in [6.07, 6.45) is 1.49. The molecular weight excluding hydrogens is 336 g/mol. The average Bonchev–Trinajstić information content (AvgIpc) is 2.67. The van der Waals surface area contributed by atoms with Crippen molar-refractivity contribution in [3.05, 3.63) is 48.0 Å². The molecule has 0 aliphatic carbocycles. The lowest BCUT2D eigenvalue weighted by Crippen LogP contribution is -2.24. The highest BCUT2D eigenvalue weighted by Crippen LogP contribution is 2.26. The van der Waals surface area contributed by atoms with E-state index >= 15 is 0 Å². The minimum Gasteiger partial charge on any atom is -0.497 e. The summed E-state index contributed by atoms with van der Waals surface area (Å²) in [6, 6.07) is 12.5. The van der Waals surface area contributed by atoms with Gasteiger partial charge in [0.15, 0.2) is 18.1 Å². The molecule has 0 bridgehead atoms. The molecule has 7 nitrogen and oxygen atoms in total. The topological polar surface area (TPSA) is 78.4 Å². The van der Waals surface area contributed by atoms with Gasteiger partial charge in [-0.3, -0.25) is 4.79 Å². The normalized spacial score (nSPS) is 10.4. The number of nitrogens with one attached hydrogen (secondary N) is 1. The zero-order valence-electron chi connectivity index (χ0n) is 15.0. The first-order valence-corrected chi connectivity index (χ1v) is 8.06. The molecule has 0 fully saturated rings. The molecular formula is C19H22N2O5. The molecule has 0 spiro atoms. The Balaban J connectivity index is 1.90. The zero-order chi connectivity index (χ0) is 18.8. The third-order valence-corrected chi connectivity index (χ3v) is 3.34. The van der Waals surface area contributed by atoms with Crippen molar-refractivity contribution in [2.24, 2.45) is 5.10 Å². The van der Waals surface area contributed by atoms with Gasteiger partial charge in [0.25, 0.3) is 5.91 Å². The fraction of sp³-hybridized carbons (Fsp3) is 0.263. The molecule has 2 aromatic rings. The standard InChI is InChI=1S/C19H22N2O5/c1-4-25-16-7-5-6-8-17(16)26-13-19(22)21-20-12-14-9-10-15(23-2)11-18(14)24-3/h5-12H,4,13H2,1-3H3,(H,21,22)/b20-12+. The van der Waals surface area contributed by atoms with Crippen molar-refractivity contribution in [3.8, 4) is 23.0 Å². The van der Waals surface area contributed by atoms with Crippen molar-refractivity contribution in [1.29, 1.82) is 0 Å². The SMILES string of the molecule is CCOc1ccccc1OCC(=O)N/N=C/c1ccc(OC)cc1OC. The summed E-state index contributed by atoms with van der Waals surface area (Å²) in [4.78, 5) is 11.9. The average molecular weight is 358 g/mol. The maximum Gasteiger partial charge on any atom is 0.277 e. The van der Waals surface area contributed by atoms with Crippen LogP contribution in [0.4, 0.5) is 0 Å². The van der Waals surface area contributed by atoms with Gasteiger partial charge < -0.3 is 18.9 Å². The maximum absolute atomic E-state index is 11.9. The number of hydrazone groups is 1. The minimum atomic E-state index is -0.389. The van der Waals surface area contributed by atoms with Crippen LogP contribution in [0.15, 0.2) is 47.6 Å². The van der Waals surface area contributed by atoms with Crippen molar-refractivity contribution >= 4 is 12.1 Å². The van der Waals surface area contributed by atoms with Crippen LogP contribution in [0.3, 0.4) is 0 Å². The Morgan fingerprint density at radius 3 is 2.42 bits per heavy atom. The fourth-order valence-electron chi connectivity index (χ4n) is 2.12. The molecule has 26 heavy (non-hydrogen) atoms. The third-order valence-electron chi connectivity index (χ3n) is 3.34. The van der Waals surface area contributed by atoms with E-state index in [1.165, 1.54) is 6.21 Å². The minimum absolute atomic E-state index is 0.179. The molecule has 0 aliphatic rings. The van der Waals surface area contributed by atoms with Gasteiger partial charge in [-0.2, -0.15) is 5.10 Å². The summed E-state index contributed by atoms with van der Waals surface area (Å²) in [6.45, 7) is 2.22. The molecule has 0 radical (unpaired) electrons. The molecule has 7 heteroatoms. The molecule has 1 N–H and O–H groups in total. The molecule has 2 aromatic carbocycles. The van der Waals surface area contributed by atoms with Gasteiger partial charge in [0.1, 0.15) is 11.5 Å². The highest BCUT2D eigenvalue weighted by atomic mass is 16.5. The predicted octanol–water partition coefficient (Wildman–Crippen LogP) is 2.63. The van der Waals surface area contributed by atoms with Gasteiger partial charge in [-0.15, -0.1) is 0 Å². The summed E-state index contributed by atoms with van der Waals surface area (Å²) in [5.74, 6) is 1.97. The third kappa shape index (κ3) is 5.41. The largest absolute Gasteiger partial charge is 0.497 e. The lowest BCUT2D eigenvalue weighted by Gasteiger charge is -2.10. The predicted molar refractivity (Wildman–Crippen MR) is 98.4 cm³/mol. The summed E-state index contributed by atoms with van der Waals surface area (Å²) in [7, 11) is 3.13. The smallest absolute Gasteiger partial charge is 0.277 e. The second-order valence-corrected chi connectivity index (χ2v) is 5.07. The first kappa shape index (κ1) is 19.1. The van der Waals surface area contributed by atoms with Gasteiger partial charge in [-0.1, -0.05) is 12.1 Å². The number of methoxy groups -OCH3 is 2. The van der Waals surface area contributed by atoms with E-state index in [0.29, 0.717) is 35.2 Å². The molecule has 0 atom stereocenters. The first-order chi connectivity index (χ1) is 12.7. The molecule has 0 saturated heterocycles. The Kier molecular flexibility index (Phi) is 7.30. The number of nitrogens with zero attached hydrogens (tertiary/aromatic N) is 1.